The third-order valence-corrected chi connectivity index (χ3v) is 6.41. The second-order valence-electron chi connectivity index (χ2n) is 4.57. The van der Waals surface area contributed by atoms with Crippen LogP contribution >= 0.6 is 11.8 Å². The summed E-state index contributed by atoms with van der Waals surface area (Å²) in [6.45, 7) is 0. The summed E-state index contributed by atoms with van der Waals surface area (Å²) < 4.78 is 26.6. The van der Waals surface area contributed by atoms with E-state index in [0.29, 0.717) is 10.9 Å². The van der Waals surface area contributed by atoms with Crippen molar-refractivity contribution in [3.8, 4) is 0 Å². The van der Waals surface area contributed by atoms with Crippen LogP contribution in [0, 0.1) is 0 Å². The van der Waals surface area contributed by atoms with E-state index in [2.05, 4.69) is 4.98 Å². The maximum atomic E-state index is 12.8. The summed E-state index contributed by atoms with van der Waals surface area (Å²) in [5, 5.41) is 9.68. The molecule has 1 aliphatic rings. The Balaban J connectivity index is 2.15. The molecule has 1 aliphatic heterocycles. The minimum atomic E-state index is -3.87. The third kappa shape index (κ3) is 2.39. The van der Waals surface area contributed by atoms with Crippen LogP contribution in [0.2, 0.25) is 0 Å². The Morgan fingerprint density at radius 1 is 1.33 bits per heavy atom. The van der Waals surface area contributed by atoms with E-state index in [0.717, 1.165) is 4.31 Å². The number of thioether (sulfide) groups is 1. The predicted octanol–water partition coefficient (Wildman–Crippen LogP) is 1.38. The average molecular weight is 324 g/mol. The molecule has 1 N–H and O–H groups in total. The van der Waals surface area contributed by atoms with Gasteiger partial charge in [0.25, 0.3) is 0 Å². The Morgan fingerprint density at radius 3 is 2.90 bits per heavy atom. The van der Waals surface area contributed by atoms with Gasteiger partial charge in [0.1, 0.15) is 6.04 Å². The van der Waals surface area contributed by atoms with Gasteiger partial charge in [0.2, 0.25) is 10.0 Å². The number of carboxylic acids is 1. The second-order valence-corrected chi connectivity index (χ2v) is 7.43. The summed E-state index contributed by atoms with van der Waals surface area (Å²) in [6.07, 6.45) is 1.59. The van der Waals surface area contributed by atoms with Crippen molar-refractivity contribution in [3.05, 3.63) is 36.5 Å². The zero-order chi connectivity index (χ0) is 15.0. The van der Waals surface area contributed by atoms with Gasteiger partial charge in [-0.15, -0.1) is 11.8 Å². The molecule has 8 heteroatoms. The fraction of sp³-hybridized carbons (Fsp3) is 0.231. The summed E-state index contributed by atoms with van der Waals surface area (Å²) in [7, 11) is -3.87. The van der Waals surface area contributed by atoms with Gasteiger partial charge in [0.05, 0.1) is 16.3 Å². The number of nitrogens with zero attached hydrogens (tertiary/aromatic N) is 2. The largest absolute Gasteiger partial charge is 0.480 e. The number of sulfonamides is 1. The average Bonchev–Trinajstić information content (AvgIpc) is 2.97. The van der Waals surface area contributed by atoms with Gasteiger partial charge in [-0.1, -0.05) is 6.07 Å². The van der Waals surface area contributed by atoms with E-state index in [1.165, 1.54) is 17.8 Å². The highest BCUT2D eigenvalue weighted by Crippen LogP contribution is 2.31. The number of hydrogen-bond acceptors (Lipinski definition) is 5. The first kappa shape index (κ1) is 14.3. The number of aromatic nitrogens is 1. The zero-order valence-corrected chi connectivity index (χ0v) is 12.5. The first-order valence-corrected chi connectivity index (χ1v) is 8.77. The smallest absolute Gasteiger partial charge is 0.322 e. The molecule has 21 heavy (non-hydrogen) atoms. The summed E-state index contributed by atoms with van der Waals surface area (Å²) >= 11 is 1.30. The molecule has 1 saturated heterocycles. The predicted molar refractivity (Wildman–Crippen MR) is 79.5 cm³/mol. The lowest BCUT2D eigenvalue weighted by atomic mass is 10.2. The van der Waals surface area contributed by atoms with Crippen LogP contribution in [0.1, 0.15) is 0 Å². The molecule has 0 radical (unpaired) electrons. The molecule has 0 amide bonds. The number of fused-ring (bicyclic) bond motifs is 1. The fourth-order valence-electron chi connectivity index (χ4n) is 2.29. The van der Waals surface area contributed by atoms with E-state index in [1.54, 1.807) is 30.5 Å². The molecular weight excluding hydrogens is 312 g/mol. The normalized spacial score (nSPS) is 19.9. The first-order chi connectivity index (χ1) is 10.0. The molecule has 0 spiro atoms. The van der Waals surface area contributed by atoms with Gasteiger partial charge < -0.3 is 5.11 Å². The Kier molecular flexibility index (Phi) is 3.60. The summed E-state index contributed by atoms with van der Waals surface area (Å²) in [5.74, 6) is -0.713. The van der Waals surface area contributed by atoms with Crippen molar-refractivity contribution in [2.45, 2.75) is 10.9 Å². The van der Waals surface area contributed by atoms with E-state index in [-0.39, 0.29) is 16.5 Å². The first-order valence-electron chi connectivity index (χ1n) is 6.18. The number of benzene rings is 1. The Bertz CT molecular complexity index is 801. The lowest BCUT2D eigenvalue weighted by molar-refractivity contribution is -0.140. The molecule has 1 atom stereocenters. The van der Waals surface area contributed by atoms with Gasteiger partial charge in [0, 0.05) is 17.3 Å². The fourth-order valence-corrected chi connectivity index (χ4v) is 5.62. The molecule has 0 bridgehead atoms. The molecule has 1 fully saturated rings. The Hall–Kier alpha value is -1.64. The van der Waals surface area contributed by atoms with Crippen LogP contribution in [0.5, 0.6) is 0 Å². The van der Waals surface area contributed by atoms with Crippen molar-refractivity contribution >= 4 is 38.7 Å². The highest BCUT2D eigenvalue weighted by Gasteiger charge is 2.40. The minimum absolute atomic E-state index is 0.0989. The van der Waals surface area contributed by atoms with Crippen LogP contribution in [0.15, 0.2) is 41.4 Å². The van der Waals surface area contributed by atoms with Gasteiger partial charge in [-0.2, -0.15) is 4.31 Å². The third-order valence-electron chi connectivity index (χ3n) is 3.32. The van der Waals surface area contributed by atoms with Crippen LogP contribution in [-0.4, -0.2) is 46.5 Å². The van der Waals surface area contributed by atoms with Gasteiger partial charge in [0.15, 0.2) is 0 Å². The van der Waals surface area contributed by atoms with Crippen LogP contribution in [-0.2, 0) is 14.8 Å². The summed E-state index contributed by atoms with van der Waals surface area (Å²) in [6, 6.07) is 7.14. The SMILES string of the molecule is O=C(O)C1CSCN1S(=O)(=O)c1cccc2ncccc12. The maximum Gasteiger partial charge on any atom is 0.322 e. The minimum Gasteiger partial charge on any atom is -0.480 e. The highest BCUT2D eigenvalue weighted by molar-refractivity contribution is 8.00. The van der Waals surface area contributed by atoms with Gasteiger partial charge in [-0.25, -0.2) is 8.42 Å². The standard InChI is InChI=1S/C13H12N2O4S2/c16-13(17)11-7-20-8-15(11)21(18,19)12-5-1-4-10-9(12)3-2-6-14-10/h1-6,11H,7-8H2,(H,16,17). The van der Waals surface area contributed by atoms with E-state index in [9.17, 15) is 18.3 Å². The van der Waals surface area contributed by atoms with Crippen LogP contribution in [0.3, 0.4) is 0 Å². The number of carboxylic acid groups (broad SMARTS) is 1. The topological polar surface area (TPSA) is 87.6 Å². The van der Waals surface area contributed by atoms with Crippen molar-refractivity contribution in [3.63, 3.8) is 0 Å². The second kappa shape index (κ2) is 5.28. The Morgan fingerprint density at radius 2 is 2.14 bits per heavy atom. The molecule has 0 saturated carbocycles. The van der Waals surface area contributed by atoms with E-state index in [1.807, 2.05) is 0 Å². The van der Waals surface area contributed by atoms with Crippen LogP contribution < -0.4 is 0 Å². The lowest BCUT2D eigenvalue weighted by Gasteiger charge is -2.20. The van der Waals surface area contributed by atoms with Crippen molar-refractivity contribution in [2.75, 3.05) is 11.6 Å². The monoisotopic (exact) mass is 324 g/mol. The summed E-state index contributed by atoms with van der Waals surface area (Å²) in [5.41, 5.74) is 0.567. The van der Waals surface area contributed by atoms with Crippen molar-refractivity contribution in [2.24, 2.45) is 0 Å². The zero-order valence-electron chi connectivity index (χ0n) is 10.8. The van der Waals surface area contributed by atoms with E-state index < -0.39 is 22.0 Å². The maximum absolute atomic E-state index is 12.8. The molecule has 0 aliphatic carbocycles. The number of aliphatic carboxylic acids is 1. The van der Waals surface area contributed by atoms with E-state index >= 15 is 0 Å². The van der Waals surface area contributed by atoms with Gasteiger partial charge in [-0.05, 0) is 24.3 Å². The number of rotatable bonds is 3. The van der Waals surface area contributed by atoms with Crippen molar-refractivity contribution < 1.29 is 18.3 Å². The van der Waals surface area contributed by atoms with Gasteiger partial charge >= 0.3 is 5.97 Å². The molecule has 2 heterocycles. The van der Waals surface area contributed by atoms with Crippen molar-refractivity contribution in [1.29, 1.82) is 0 Å². The van der Waals surface area contributed by atoms with Gasteiger partial charge in [-0.3, -0.25) is 9.78 Å². The quantitative estimate of drug-likeness (QED) is 0.918. The molecule has 1 aromatic heterocycles. The molecule has 1 unspecified atom stereocenters. The molecule has 110 valence electrons. The number of carbonyl (C=O) groups is 1. The van der Waals surface area contributed by atoms with Crippen LogP contribution in [0.4, 0.5) is 0 Å². The molecule has 1 aromatic carbocycles. The van der Waals surface area contributed by atoms with Crippen LogP contribution in [0.25, 0.3) is 10.9 Å². The molecule has 6 nitrogen and oxygen atoms in total. The lowest BCUT2D eigenvalue weighted by Crippen LogP contribution is -2.41. The highest BCUT2D eigenvalue weighted by atomic mass is 32.2. The van der Waals surface area contributed by atoms with Crippen molar-refractivity contribution in [1.82, 2.24) is 9.29 Å². The number of pyridine rings is 1. The number of hydrogen-bond donors (Lipinski definition) is 1. The molecule has 3 rings (SSSR count). The Labute approximate surface area is 125 Å². The molecule has 2 aromatic rings. The summed E-state index contributed by atoms with van der Waals surface area (Å²) in [4.78, 5) is 15.5. The van der Waals surface area contributed by atoms with E-state index in [4.69, 9.17) is 0 Å². The molecular formula is C13H12N2O4S2.